The van der Waals surface area contributed by atoms with Gasteiger partial charge in [-0.2, -0.15) is 0 Å². The van der Waals surface area contributed by atoms with Crippen LogP contribution in [0.2, 0.25) is 0 Å². The van der Waals surface area contributed by atoms with Crippen LogP contribution in [0.1, 0.15) is 29.6 Å². The van der Waals surface area contributed by atoms with Gasteiger partial charge in [-0.15, -0.1) is 0 Å². The minimum absolute atomic E-state index is 0.175. The number of carbonyl (C=O) groups excluding carboxylic acids is 1. The molecule has 1 aromatic carbocycles. The first kappa shape index (κ1) is 18.0. The number of likely N-dealkylation sites (tertiary alicyclic amines) is 1. The van der Waals surface area contributed by atoms with Gasteiger partial charge < -0.3 is 19.7 Å². The van der Waals surface area contributed by atoms with Crippen molar-refractivity contribution in [1.82, 2.24) is 4.90 Å². The van der Waals surface area contributed by atoms with E-state index in [9.17, 15) is 14.9 Å². The molecule has 2 rings (SSSR count). The molecule has 8 heteroatoms. The second-order valence-corrected chi connectivity index (χ2v) is 5.60. The molecule has 0 atom stereocenters. The molecule has 1 aromatic rings. The summed E-state index contributed by atoms with van der Waals surface area (Å²) >= 11 is 0. The standard InChI is InChI=1S/C16H23N3O5/c1-23-9-6-17-15-13(19(21)22)10-12(11-14(15)24-2)16(20)18-7-4-3-5-8-18/h10-11,17H,3-9H2,1-2H3. The molecule has 132 valence electrons. The van der Waals surface area contributed by atoms with Crippen LogP contribution in [0.25, 0.3) is 0 Å². The summed E-state index contributed by atoms with van der Waals surface area (Å²) in [6.45, 7) is 2.16. The number of carbonyl (C=O) groups is 1. The molecule has 0 bridgehead atoms. The number of amides is 1. The normalized spacial score (nSPS) is 14.3. The number of anilines is 1. The molecule has 1 N–H and O–H groups in total. The summed E-state index contributed by atoms with van der Waals surface area (Å²) in [5.41, 5.74) is 0.360. The summed E-state index contributed by atoms with van der Waals surface area (Å²) in [6.07, 6.45) is 3.03. The lowest BCUT2D eigenvalue weighted by Gasteiger charge is -2.27. The minimum atomic E-state index is -0.509. The lowest BCUT2D eigenvalue weighted by Crippen LogP contribution is -2.35. The summed E-state index contributed by atoms with van der Waals surface area (Å²) in [5, 5.41) is 14.4. The predicted molar refractivity (Wildman–Crippen MR) is 89.8 cm³/mol. The molecule has 0 radical (unpaired) electrons. The maximum atomic E-state index is 12.6. The molecule has 0 saturated carbocycles. The first-order chi connectivity index (χ1) is 11.6. The van der Waals surface area contributed by atoms with Crippen molar-refractivity contribution in [2.75, 3.05) is 45.8 Å². The van der Waals surface area contributed by atoms with Crippen LogP contribution in [-0.4, -0.2) is 56.2 Å². The Morgan fingerprint density at radius 2 is 2.00 bits per heavy atom. The molecule has 24 heavy (non-hydrogen) atoms. The van der Waals surface area contributed by atoms with E-state index in [-0.39, 0.29) is 28.6 Å². The molecule has 1 amide bonds. The topological polar surface area (TPSA) is 93.9 Å². The monoisotopic (exact) mass is 337 g/mol. The van der Waals surface area contributed by atoms with Crippen molar-refractivity contribution in [2.45, 2.75) is 19.3 Å². The van der Waals surface area contributed by atoms with Crippen LogP contribution in [0, 0.1) is 10.1 Å². The molecule has 0 aromatic heterocycles. The van der Waals surface area contributed by atoms with Crippen molar-refractivity contribution in [3.05, 3.63) is 27.8 Å². The number of hydrogen-bond acceptors (Lipinski definition) is 6. The largest absolute Gasteiger partial charge is 0.494 e. The molecule has 1 heterocycles. The van der Waals surface area contributed by atoms with Crippen molar-refractivity contribution in [1.29, 1.82) is 0 Å². The van der Waals surface area contributed by atoms with Crippen LogP contribution in [0.3, 0.4) is 0 Å². The van der Waals surface area contributed by atoms with Gasteiger partial charge in [0, 0.05) is 32.8 Å². The SMILES string of the molecule is COCCNc1c(OC)cc(C(=O)N2CCCCC2)cc1[N+](=O)[O-]. The first-order valence-electron chi connectivity index (χ1n) is 7.97. The van der Waals surface area contributed by atoms with Crippen LogP contribution in [0.15, 0.2) is 12.1 Å². The van der Waals surface area contributed by atoms with E-state index in [1.165, 1.54) is 13.2 Å². The van der Waals surface area contributed by atoms with Gasteiger partial charge in [-0.3, -0.25) is 14.9 Å². The lowest BCUT2D eigenvalue weighted by molar-refractivity contribution is -0.384. The Labute approximate surface area is 140 Å². The van der Waals surface area contributed by atoms with Crippen molar-refractivity contribution in [2.24, 2.45) is 0 Å². The van der Waals surface area contributed by atoms with Crippen molar-refractivity contribution < 1.29 is 19.2 Å². The molecule has 8 nitrogen and oxygen atoms in total. The zero-order valence-corrected chi connectivity index (χ0v) is 14.0. The number of nitro groups is 1. The lowest BCUT2D eigenvalue weighted by atomic mass is 10.1. The fourth-order valence-electron chi connectivity index (χ4n) is 2.76. The molecule has 1 aliphatic rings. The van der Waals surface area contributed by atoms with Gasteiger partial charge in [-0.1, -0.05) is 0 Å². The number of methoxy groups -OCH3 is 2. The van der Waals surface area contributed by atoms with Gasteiger partial charge in [0.2, 0.25) is 0 Å². The predicted octanol–water partition coefficient (Wildman–Crippen LogP) is 2.29. The number of ether oxygens (including phenoxy) is 2. The van der Waals surface area contributed by atoms with Crippen molar-refractivity contribution in [3.63, 3.8) is 0 Å². The Morgan fingerprint density at radius 1 is 1.29 bits per heavy atom. The highest BCUT2D eigenvalue weighted by Gasteiger charge is 2.25. The Hall–Kier alpha value is -2.35. The van der Waals surface area contributed by atoms with E-state index in [4.69, 9.17) is 9.47 Å². The fraction of sp³-hybridized carbons (Fsp3) is 0.562. The molecule has 0 spiro atoms. The number of nitrogens with zero attached hydrogens (tertiary/aromatic N) is 2. The fourth-order valence-corrected chi connectivity index (χ4v) is 2.76. The highest BCUT2D eigenvalue weighted by atomic mass is 16.6. The molecule has 1 fully saturated rings. The summed E-state index contributed by atoms with van der Waals surface area (Å²) in [6, 6.07) is 2.87. The van der Waals surface area contributed by atoms with Crippen molar-refractivity contribution in [3.8, 4) is 5.75 Å². The summed E-state index contributed by atoms with van der Waals surface area (Å²) < 4.78 is 10.2. The summed E-state index contributed by atoms with van der Waals surface area (Å²) in [5.74, 6) is 0.0835. The summed E-state index contributed by atoms with van der Waals surface area (Å²) in [7, 11) is 2.98. The third kappa shape index (κ3) is 4.14. The smallest absolute Gasteiger partial charge is 0.296 e. The van der Waals surface area contributed by atoms with E-state index >= 15 is 0 Å². The highest BCUT2D eigenvalue weighted by molar-refractivity contribution is 5.97. The maximum Gasteiger partial charge on any atom is 0.296 e. The maximum absolute atomic E-state index is 12.6. The first-order valence-corrected chi connectivity index (χ1v) is 7.97. The third-order valence-corrected chi connectivity index (χ3v) is 4.00. The van der Waals surface area contributed by atoms with E-state index in [1.54, 1.807) is 18.1 Å². The molecule has 1 aliphatic heterocycles. The minimum Gasteiger partial charge on any atom is -0.494 e. The van der Waals surface area contributed by atoms with Crippen molar-refractivity contribution >= 4 is 17.3 Å². The second-order valence-electron chi connectivity index (χ2n) is 5.60. The second kappa shape index (κ2) is 8.49. The van der Waals surface area contributed by atoms with Crippen LogP contribution < -0.4 is 10.1 Å². The van der Waals surface area contributed by atoms with Gasteiger partial charge in [-0.25, -0.2) is 0 Å². The van der Waals surface area contributed by atoms with Crippen LogP contribution in [-0.2, 0) is 4.74 Å². The number of hydrogen-bond donors (Lipinski definition) is 1. The highest BCUT2D eigenvalue weighted by Crippen LogP contribution is 2.36. The van der Waals surface area contributed by atoms with Crippen LogP contribution in [0.5, 0.6) is 5.75 Å². The summed E-state index contributed by atoms with van der Waals surface area (Å²) in [4.78, 5) is 25.3. The number of nitro benzene ring substituents is 1. The van der Waals surface area contributed by atoms with Gasteiger partial charge in [0.1, 0.15) is 5.75 Å². The number of piperidine rings is 1. The molecule has 0 unspecified atom stereocenters. The van der Waals surface area contributed by atoms with E-state index in [0.29, 0.717) is 26.2 Å². The molecule has 0 aliphatic carbocycles. The third-order valence-electron chi connectivity index (χ3n) is 4.00. The van der Waals surface area contributed by atoms with Gasteiger partial charge in [0.05, 0.1) is 24.2 Å². The number of nitrogens with one attached hydrogen (secondary N) is 1. The van der Waals surface area contributed by atoms with Crippen LogP contribution in [0.4, 0.5) is 11.4 Å². The Balaban J connectivity index is 2.34. The Bertz CT molecular complexity index is 600. The zero-order chi connectivity index (χ0) is 17.5. The Morgan fingerprint density at radius 3 is 2.58 bits per heavy atom. The van der Waals surface area contributed by atoms with Gasteiger partial charge >= 0.3 is 0 Å². The Kier molecular flexibility index (Phi) is 6.36. The average Bonchev–Trinajstić information content (AvgIpc) is 2.61. The van der Waals surface area contributed by atoms with E-state index < -0.39 is 4.92 Å². The van der Waals surface area contributed by atoms with Gasteiger partial charge in [0.15, 0.2) is 5.69 Å². The van der Waals surface area contributed by atoms with E-state index in [0.717, 1.165) is 19.3 Å². The van der Waals surface area contributed by atoms with Crippen LogP contribution >= 0.6 is 0 Å². The molecular formula is C16H23N3O5. The van der Waals surface area contributed by atoms with E-state index in [1.807, 2.05) is 0 Å². The number of benzene rings is 1. The quantitative estimate of drug-likeness (QED) is 0.466. The number of rotatable bonds is 7. The zero-order valence-electron chi connectivity index (χ0n) is 14.0. The molecule has 1 saturated heterocycles. The molecular weight excluding hydrogens is 314 g/mol. The van der Waals surface area contributed by atoms with Gasteiger partial charge in [0.25, 0.3) is 11.6 Å². The van der Waals surface area contributed by atoms with Gasteiger partial charge in [-0.05, 0) is 25.3 Å². The average molecular weight is 337 g/mol. The van der Waals surface area contributed by atoms with E-state index in [2.05, 4.69) is 5.32 Å².